The third kappa shape index (κ3) is 4.58. The zero-order valence-electron chi connectivity index (χ0n) is 11.0. The van der Waals surface area contributed by atoms with E-state index < -0.39 is 9.84 Å². The summed E-state index contributed by atoms with van der Waals surface area (Å²) in [5.41, 5.74) is 0.557. The highest BCUT2D eigenvalue weighted by Gasteiger charge is 2.14. The van der Waals surface area contributed by atoms with E-state index in [-0.39, 0.29) is 10.2 Å². The molecule has 0 bridgehead atoms. The Morgan fingerprint density at radius 3 is 2.57 bits per heavy atom. The number of carbonyl (C=O) groups excluding carboxylic acids is 1. The van der Waals surface area contributed by atoms with Crippen molar-refractivity contribution in [3.8, 4) is 0 Å². The zero-order chi connectivity index (χ0) is 15.5. The van der Waals surface area contributed by atoms with Gasteiger partial charge in [0, 0.05) is 29.3 Å². The van der Waals surface area contributed by atoms with Gasteiger partial charge in [0.05, 0.1) is 0 Å². The fourth-order valence-corrected chi connectivity index (χ4v) is 3.13. The zero-order valence-corrected chi connectivity index (χ0v) is 14.3. The molecule has 0 aliphatic carbocycles. The molecule has 1 aromatic heterocycles. The SMILES string of the molecule is CS(=O)(=O)c1nc(CCNC(=O)c2ccc(Br)cc2)ns1. The molecule has 2 rings (SSSR count). The van der Waals surface area contributed by atoms with Crippen LogP contribution in [0.2, 0.25) is 0 Å². The molecular weight excluding hydrogens is 378 g/mol. The fraction of sp³-hybridized carbons (Fsp3) is 0.250. The molecule has 0 saturated heterocycles. The molecule has 112 valence electrons. The Hall–Kier alpha value is -1.32. The van der Waals surface area contributed by atoms with Crippen molar-refractivity contribution in [2.75, 3.05) is 12.8 Å². The fourth-order valence-electron chi connectivity index (χ4n) is 1.48. The van der Waals surface area contributed by atoms with E-state index in [9.17, 15) is 13.2 Å². The third-order valence-corrected chi connectivity index (χ3v) is 5.44. The van der Waals surface area contributed by atoms with E-state index >= 15 is 0 Å². The van der Waals surface area contributed by atoms with E-state index in [1.165, 1.54) is 0 Å². The molecule has 0 aliphatic heterocycles. The first-order valence-corrected chi connectivity index (χ1v) is 9.38. The first-order chi connectivity index (χ1) is 9.86. The molecule has 2 aromatic rings. The van der Waals surface area contributed by atoms with Crippen LogP contribution in [0.25, 0.3) is 0 Å². The minimum absolute atomic E-state index is 0.00302. The number of hydrogen-bond donors (Lipinski definition) is 1. The van der Waals surface area contributed by atoms with Crippen molar-refractivity contribution >= 4 is 43.2 Å². The lowest BCUT2D eigenvalue weighted by atomic mass is 10.2. The summed E-state index contributed by atoms with van der Waals surface area (Å²) in [4.78, 5) is 15.8. The molecule has 21 heavy (non-hydrogen) atoms. The van der Waals surface area contributed by atoms with Crippen LogP contribution in [0.1, 0.15) is 16.2 Å². The number of nitrogens with one attached hydrogen (secondary N) is 1. The van der Waals surface area contributed by atoms with Crippen LogP contribution in [-0.4, -0.2) is 36.5 Å². The van der Waals surface area contributed by atoms with Gasteiger partial charge >= 0.3 is 0 Å². The summed E-state index contributed by atoms with van der Waals surface area (Å²) in [5, 5.41) is 2.74. The lowest BCUT2D eigenvalue weighted by Crippen LogP contribution is -2.25. The number of halogens is 1. The number of aromatic nitrogens is 2. The van der Waals surface area contributed by atoms with Crippen molar-refractivity contribution in [2.45, 2.75) is 10.8 Å². The van der Waals surface area contributed by atoms with Crippen molar-refractivity contribution in [1.82, 2.24) is 14.7 Å². The standard InChI is InChI=1S/C12H12BrN3O3S2/c1-21(18,19)12-15-10(16-20-12)6-7-14-11(17)8-2-4-9(13)5-3-8/h2-5H,6-7H2,1H3,(H,14,17). The number of nitrogens with zero attached hydrogens (tertiary/aromatic N) is 2. The van der Waals surface area contributed by atoms with Gasteiger partial charge in [0.2, 0.25) is 14.2 Å². The van der Waals surface area contributed by atoms with Crippen LogP contribution >= 0.6 is 27.5 Å². The lowest BCUT2D eigenvalue weighted by molar-refractivity contribution is 0.0954. The second-order valence-electron chi connectivity index (χ2n) is 4.26. The molecular formula is C12H12BrN3O3S2. The van der Waals surface area contributed by atoms with Gasteiger partial charge in [0.1, 0.15) is 5.82 Å². The van der Waals surface area contributed by atoms with Gasteiger partial charge in [-0.2, -0.15) is 4.37 Å². The number of carbonyl (C=O) groups is 1. The summed E-state index contributed by atoms with van der Waals surface area (Å²) in [6.45, 7) is 0.342. The predicted octanol–water partition coefficient (Wildman–Crippen LogP) is 1.68. The number of sulfone groups is 1. The van der Waals surface area contributed by atoms with Crippen LogP contribution in [0, 0.1) is 0 Å². The Balaban J connectivity index is 1.88. The maximum atomic E-state index is 11.9. The molecule has 1 N–H and O–H groups in total. The van der Waals surface area contributed by atoms with Crippen molar-refractivity contribution in [3.05, 3.63) is 40.1 Å². The first-order valence-electron chi connectivity index (χ1n) is 5.92. The van der Waals surface area contributed by atoms with Crippen LogP contribution in [-0.2, 0) is 16.3 Å². The largest absolute Gasteiger partial charge is 0.352 e. The molecule has 9 heteroatoms. The number of amides is 1. The average Bonchev–Trinajstić information content (AvgIpc) is 2.88. The van der Waals surface area contributed by atoms with Gasteiger partial charge in [-0.25, -0.2) is 13.4 Å². The van der Waals surface area contributed by atoms with Crippen molar-refractivity contribution < 1.29 is 13.2 Å². The molecule has 1 amide bonds. The smallest absolute Gasteiger partial charge is 0.251 e. The molecule has 1 aromatic carbocycles. The molecule has 0 aliphatic rings. The topological polar surface area (TPSA) is 89.0 Å². The molecule has 0 atom stereocenters. The van der Waals surface area contributed by atoms with Crippen molar-refractivity contribution in [2.24, 2.45) is 0 Å². The second-order valence-corrected chi connectivity index (χ2v) is 8.12. The Morgan fingerprint density at radius 1 is 1.33 bits per heavy atom. The van der Waals surface area contributed by atoms with E-state index in [0.717, 1.165) is 22.3 Å². The van der Waals surface area contributed by atoms with E-state index in [1.54, 1.807) is 24.3 Å². The molecule has 1 heterocycles. The van der Waals surface area contributed by atoms with E-state index in [0.29, 0.717) is 24.4 Å². The van der Waals surface area contributed by atoms with Gasteiger partial charge in [0.25, 0.3) is 5.91 Å². The highest BCUT2D eigenvalue weighted by atomic mass is 79.9. The summed E-state index contributed by atoms with van der Waals surface area (Å²) >= 11 is 4.15. The number of rotatable bonds is 5. The van der Waals surface area contributed by atoms with Gasteiger partial charge in [-0.1, -0.05) is 15.9 Å². The van der Waals surface area contributed by atoms with Crippen LogP contribution in [0.3, 0.4) is 0 Å². The molecule has 0 spiro atoms. The summed E-state index contributed by atoms with van der Waals surface area (Å²) in [6.07, 6.45) is 1.47. The van der Waals surface area contributed by atoms with Gasteiger partial charge in [-0.05, 0) is 35.8 Å². The molecule has 0 radical (unpaired) electrons. The Kier molecular flexibility index (Phi) is 5.07. The molecule has 0 saturated carbocycles. The van der Waals surface area contributed by atoms with Gasteiger partial charge in [0.15, 0.2) is 0 Å². The van der Waals surface area contributed by atoms with Gasteiger partial charge in [-0.3, -0.25) is 4.79 Å². The van der Waals surface area contributed by atoms with Crippen LogP contribution in [0.15, 0.2) is 33.1 Å². The highest BCUT2D eigenvalue weighted by molar-refractivity contribution is 9.10. The van der Waals surface area contributed by atoms with Crippen LogP contribution in [0.4, 0.5) is 0 Å². The van der Waals surface area contributed by atoms with Gasteiger partial charge < -0.3 is 5.32 Å². The maximum absolute atomic E-state index is 11.9. The summed E-state index contributed by atoms with van der Waals surface area (Å²) in [5.74, 6) is 0.220. The molecule has 0 unspecified atom stereocenters. The van der Waals surface area contributed by atoms with Crippen LogP contribution in [0.5, 0.6) is 0 Å². The van der Waals surface area contributed by atoms with Gasteiger partial charge in [-0.15, -0.1) is 0 Å². The minimum Gasteiger partial charge on any atom is -0.352 e. The van der Waals surface area contributed by atoms with E-state index in [4.69, 9.17) is 0 Å². The maximum Gasteiger partial charge on any atom is 0.251 e. The highest BCUT2D eigenvalue weighted by Crippen LogP contribution is 2.12. The number of benzene rings is 1. The number of hydrogen-bond acceptors (Lipinski definition) is 6. The molecule has 0 fully saturated rings. The van der Waals surface area contributed by atoms with E-state index in [2.05, 4.69) is 30.6 Å². The van der Waals surface area contributed by atoms with Crippen molar-refractivity contribution in [3.63, 3.8) is 0 Å². The Labute approximate surface area is 134 Å². The normalized spacial score (nSPS) is 11.3. The summed E-state index contributed by atoms with van der Waals surface area (Å²) in [6, 6.07) is 7.00. The van der Waals surface area contributed by atoms with Crippen LogP contribution < -0.4 is 5.32 Å². The third-order valence-electron chi connectivity index (χ3n) is 2.51. The Bertz CT molecular complexity index is 741. The predicted molar refractivity (Wildman–Crippen MR) is 83.2 cm³/mol. The first kappa shape index (κ1) is 16.1. The second kappa shape index (κ2) is 6.63. The quantitative estimate of drug-likeness (QED) is 0.839. The lowest BCUT2D eigenvalue weighted by Gasteiger charge is -2.03. The minimum atomic E-state index is -3.32. The average molecular weight is 390 g/mol. The molecule has 6 nitrogen and oxygen atoms in total. The van der Waals surface area contributed by atoms with Crippen molar-refractivity contribution in [1.29, 1.82) is 0 Å². The summed E-state index contributed by atoms with van der Waals surface area (Å²) in [7, 11) is -3.32. The Morgan fingerprint density at radius 2 is 2.00 bits per heavy atom. The monoisotopic (exact) mass is 389 g/mol. The van der Waals surface area contributed by atoms with E-state index in [1.807, 2.05) is 0 Å². The summed E-state index contributed by atoms with van der Waals surface area (Å²) < 4.78 is 27.4.